The number of anilines is 1. The van der Waals surface area contributed by atoms with E-state index in [9.17, 15) is 9.59 Å². The molecule has 160 valence electrons. The zero-order valence-electron chi connectivity index (χ0n) is 17.3. The highest BCUT2D eigenvalue weighted by Crippen LogP contribution is 2.35. The zero-order chi connectivity index (χ0) is 22.1. The molecule has 2 heterocycles. The van der Waals surface area contributed by atoms with Crippen molar-refractivity contribution >= 4 is 51.6 Å². The topological polar surface area (TPSA) is 66.4 Å². The maximum Gasteiger partial charge on any atom is 0.223 e. The van der Waals surface area contributed by atoms with Crippen LogP contribution in [0.25, 0.3) is 22.0 Å². The fourth-order valence-electron chi connectivity index (χ4n) is 3.99. The molecule has 6 nitrogen and oxygen atoms in total. The molecule has 3 aromatic rings. The first kappa shape index (κ1) is 21.5. The Morgan fingerprint density at radius 2 is 1.84 bits per heavy atom. The number of ketones is 1. The molecule has 1 aromatic heterocycles. The molecular formula is C23H22Cl2N4O2. The zero-order valence-corrected chi connectivity index (χ0v) is 18.8. The summed E-state index contributed by atoms with van der Waals surface area (Å²) in [5, 5.41) is 2.08. The van der Waals surface area contributed by atoms with E-state index in [0.29, 0.717) is 36.1 Å². The first-order valence-electron chi connectivity index (χ1n) is 10.1. The molecule has 0 aliphatic carbocycles. The highest BCUT2D eigenvalue weighted by atomic mass is 35.5. The van der Waals surface area contributed by atoms with Crippen molar-refractivity contribution in [2.75, 3.05) is 24.5 Å². The van der Waals surface area contributed by atoms with Crippen LogP contribution in [0.5, 0.6) is 0 Å². The van der Waals surface area contributed by atoms with Crippen molar-refractivity contribution in [1.29, 1.82) is 0 Å². The van der Waals surface area contributed by atoms with Crippen molar-refractivity contribution < 1.29 is 9.59 Å². The number of hydrogen-bond acceptors (Lipinski definition) is 5. The van der Waals surface area contributed by atoms with Crippen LogP contribution in [-0.2, 0) is 9.59 Å². The summed E-state index contributed by atoms with van der Waals surface area (Å²) < 4.78 is 0. The molecule has 31 heavy (non-hydrogen) atoms. The molecule has 1 saturated heterocycles. The number of hydrogen-bond donors (Lipinski definition) is 0. The van der Waals surface area contributed by atoms with E-state index in [1.165, 1.54) is 13.3 Å². The molecule has 1 unspecified atom stereocenters. The van der Waals surface area contributed by atoms with Crippen molar-refractivity contribution in [2.24, 2.45) is 0 Å². The van der Waals surface area contributed by atoms with Gasteiger partial charge in [-0.2, -0.15) is 0 Å². The van der Waals surface area contributed by atoms with E-state index in [4.69, 9.17) is 23.2 Å². The smallest absolute Gasteiger partial charge is 0.223 e. The summed E-state index contributed by atoms with van der Waals surface area (Å²) in [5.41, 5.74) is 2.51. The number of Topliss-reactive ketones (excluding diaryl/α,β-unsaturated/α-hetero) is 1. The Kier molecular flexibility index (Phi) is 6.12. The Balaban J connectivity index is 1.76. The average molecular weight is 457 g/mol. The fraction of sp³-hybridized carbons (Fsp3) is 0.304. The second-order valence-corrected chi connectivity index (χ2v) is 8.41. The van der Waals surface area contributed by atoms with E-state index in [-0.39, 0.29) is 11.7 Å². The summed E-state index contributed by atoms with van der Waals surface area (Å²) >= 11 is 12.6. The first-order chi connectivity index (χ1) is 14.9. The van der Waals surface area contributed by atoms with E-state index >= 15 is 0 Å². The molecule has 1 aliphatic heterocycles. The van der Waals surface area contributed by atoms with Crippen molar-refractivity contribution in [2.45, 2.75) is 26.3 Å². The third-order valence-electron chi connectivity index (χ3n) is 5.63. The van der Waals surface area contributed by atoms with Crippen LogP contribution in [0.1, 0.15) is 20.3 Å². The highest BCUT2D eigenvalue weighted by Gasteiger charge is 2.33. The average Bonchev–Trinajstić information content (AvgIpc) is 2.78. The Morgan fingerprint density at radius 1 is 1.10 bits per heavy atom. The summed E-state index contributed by atoms with van der Waals surface area (Å²) in [4.78, 5) is 37.2. The van der Waals surface area contributed by atoms with Gasteiger partial charge in [-0.05, 0) is 36.8 Å². The molecule has 1 amide bonds. The normalized spacial score (nSPS) is 16.6. The van der Waals surface area contributed by atoms with Gasteiger partial charge in [0.15, 0.2) is 5.78 Å². The molecule has 0 bridgehead atoms. The number of benzene rings is 2. The number of fused-ring (bicyclic) bond motifs is 1. The molecule has 8 heteroatoms. The molecular weight excluding hydrogens is 435 g/mol. The lowest BCUT2D eigenvalue weighted by atomic mass is 10.0. The molecule has 2 aromatic carbocycles. The van der Waals surface area contributed by atoms with Gasteiger partial charge in [0, 0.05) is 42.0 Å². The van der Waals surface area contributed by atoms with E-state index < -0.39 is 6.04 Å². The van der Waals surface area contributed by atoms with Crippen LogP contribution in [0.4, 0.5) is 5.82 Å². The lowest BCUT2D eigenvalue weighted by Gasteiger charge is -2.41. The Labute approximate surface area is 190 Å². The predicted octanol–water partition coefficient (Wildman–Crippen LogP) is 4.62. The highest BCUT2D eigenvalue weighted by molar-refractivity contribution is 6.34. The predicted molar refractivity (Wildman–Crippen MR) is 124 cm³/mol. The van der Waals surface area contributed by atoms with Gasteiger partial charge in [-0.1, -0.05) is 42.3 Å². The van der Waals surface area contributed by atoms with Gasteiger partial charge in [-0.15, -0.1) is 0 Å². The van der Waals surface area contributed by atoms with Crippen molar-refractivity contribution in [1.82, 2.24) is 14.9 Å². The maximum absolute atomic E-state index is 12.3. The summed E-state index contributed by atoms with van der Waals surface area (Å²) in [6.45, 7) is 4.79. The van der Waals surface area contributed by atoms with Gasteiger partial charge in [-0.3, -0.25) is 9.59 Å². The van der Waals surface area contributed by atoms with Crippen LogP contribution < -0.4 is 4.90 Å². The number of piperazine rings is 1. The van der Waals surface area contributed by atoms with Crippen LogP contribution in [0.2, 0.25) is 10.0 Å². The Morgan fingerprint density at radius 3 is 2.52 bits per heavy atom. The first-order valence-corrected chi connectivity index (χ1v) is 10.9. The van der Waals surface area contributed by atoms with Gasteiger partial charge >= 0.3 is 0 Å². The molecule has 1 aliphatic rings. The van der Waals surface area contributed by atoms with Crippen LogP contribution in [-0.4, -0.2) is 52.2 Å². The van der Waals surface area contributed by atoms with Gasteiger partial charge in [0.1, 0.15) is 18.2 Å². The third kappa shape index (κ3) is 4.23. The maximum atomic E-state index is 12.3. The second-order valence-electron chi connectivity index (χ2n) is 7.57. The third-order valence-corrected chi connectivity index (χ3v) is 6.19. The monoisotopic (exact) mass is 456 g/mol. The van der Waals surface area contributed by atoms with E-state index in [2.05, 4.69) is 14.9 Å². The standard InChI is InChI=1S/C23H22Cl2N4O2/c1-3-22(31)29-9-8-28(12-21(29)14(2)30)23-18-10-17(15-4-6-16(24)7-5-15)19(25)11-20(18)26-13-27-23/h4-7,10-11,13,21H,3,8-9,12H2,1-2H3. The van der Waals surface area contributed by atoms with Gasteiger partial charge in [0.25, 0.3) is 0 Å². The number of amides is 1. The largest absolute Gasteiger partial charge is 0.352 e. The molecule has 0 saturated carbocycles. The minimum Gasteiger partial charge on any atom is -0.352 e. The van der Waals surface area contributed by atoms with E-state index in [1.54, 1.807) is 4.90 Å². The van der Waals surface area contributed by atoms with E-state index in [1.807, 2.05) is 43.3 Å². The molecule has 0 N–H and O–H groups in total. The van der Waals surface area contributed by atoms with Gasteiger partial charge in [-0.25, -0.2) is 9.97 Å². The SMILES string of the molecule is CCC(=O)N1CCN(c2ncnc3cc(Cl)c(-c4ccc(Cl)cc4)cc23)CC1C(C)=O. The number of carbonyl (C=O) groups excluding carboxylic acids is 2. The number of carbonyl (C=O) groups is 2. The second kappa shape index (κ2) is 8.81. The number of aromatic nitrogens is 2. The minimum atomic E-state index is -0.491. The summed E-state index contributed by atoms with van der Waals surface area (Å²) in [6.07, 6.45) is 1.88. The molecule has 4 rings (SSSR count). The van der Waals surface area contributed by atoms with Crippen LogP contribution in [0.3, 0.4) is 0 Å². The lowest BCUT2D eigenvalue weighted by Crippen LogP contribution is -2.58. The number of rotatable bonds is 4. The van der Waals surface area contributed by atoms with E-state index in [0.717, 1.165) is 27.8 Å². The van der Waals surface area contributed by atoms with Crippen molar-refractivity contribution in [3.05, 3.63) is 52.8 Å². The fourth-order valence-corrected chi connectivity index (χ4v) is 4.38. The summed E-state index contributed by atoms with van der Waals surface area (Å²) in [6, 6.07) is 10.8. The molecule has 1 fully saturated rings. The number of nitrogens with zero attached hydrogens (tertiary/aromatic N) is 4. The van der Waals surface area contributed by atoms with Crippen LogP contribution in [0, 0.1) is 0 Å². The lowest BCUT2D eigenvalue weighted by molar-refractivity contribution is -0.139. The van der Waals surface area contributed by atoms with Gasteiger partial charge < -0.3 is 9.80 Å². The van der Waals surface area contributed by atoms with Crippen molar-refractivity contribution in [3.8, 4) is 11.1 Å². The van der Waals surface area contributed by atoms with Crippen LogP contribution >= 0.6 is 23.2 Å². The van der Waals surface area contributed by atoms with Crippen LogP contribution in [0.15, 0.2) is 42.7 Å². The Bertz CT molecular complexity index is 1150. The number of halogens is 2. The molecule has 0 radical (unpaired) electrons. The van der Waals surface area contributed by atoms with Gasteiger partial charge in [0.2, 0.25) is 5.91 Å². The summed E-state index contributed by atoms with van der Waals surface area (Å²) in [5.74, 6) is 0.686. The molecule has 1 atom stereocenters. The quantitative estimate of drug-likeness (QED) is 0.572. The van der Waals surface area contributed by atoms with Gasteiger partial charge in [0.05, 0.1) is 10.5 Å². The molecule has 0 spiro atoms. The van der Waals surface area contributed by atoms with Crippen molar-refractivity contribution in [3.63, 3.8) is 0 Å². The summed E-state index contributed by atoms with van der Waals surface area (Å²) in [7, 11) is 0. The minimum absolute atomic E-state index is 0.01000. The Hall–Kier alpha value is -2.70.